The SMILES string of the molecule is O=C(CC1CCOCC1)NCC1OCCc2cn(Cc3ccccc3)nc21. The zero-order valence-corrected chi connectivity index (χ0v) is 15.6. The molecule has 1 aromatic carbocycles. The predicted octanol–water partition coefficient (Wildman–Crippen LogP) is 2.48. The molecule has 6 heteroatoms. The lowest BCUT2D eigenvalue weighted by atomic mass is 9.96. The van der Waals surface area contributed by atoms with Crippen LogP contribution in [0.2, 0.25) is 0 Å². The third kappa shape index (κ3) is 4.76. The zero-order chi connectivity index (χ0) is 18.5. The van der Waals surface area contributed by atoms with Crippen LogP contribution in [-0.2, 0) is 27.2 Å². The Kier molecular flexibility index (Phi) is 5.84. The molecule has 6 nitrogen and oxygen atoms in total. The first-order valence-corrected chi connectivity index (χ1v) is 9.84. The Morgan fingerprint density at radius 2 is 2.00 bits per heavy atom. The molecular formula is C21H27N3O3. The van der Waals surface area contributed by atoms with Crippen molar-refractivity contribution < 1.29 is 14.3 Å². The van der Waals surface area contributed by atoms with Gasteiger partial charge in [-0.05, 0) is 36.3 Å². The summed E-state index contributed by atoms with van der Waals surface area (Å²) < 4.78 is 13.2. The van der Waals surface area contributed by atoms with E-state index in [4.69, 9.17) is 14.6 Å². The highest BCUT2D eigenvalue weighted by atomic mass is 16.5. The van der Waals surface area contributed by atoms with Crippen LogP contribution in [0.15, 0.2) is 36.5 Å². The van der Waals surface area contributed by atoms with Crippen molar-refractivity contribution in [1.82, 2.24) is 15.1 Å². The van der Waals surface area contributed by atoms with Crippen molar-refractivity contribution in [3.8, 4) is 0 Å². The number of carbonyl (C=O) groups is 1. The third-order valence-corrected chi connectivity index (χ3v) is 5.35. The molecule has 27 heavy (non-hydrogen) atoms. The Labute approximate surface area is 159 Å². The molecule has 2 aromatic rings. The van der Waals surface area contributed by atoms with E-state index >= 15 is 0 Å². The summed E-state index contributed by atoms with van der Waals surface area (Å²) in [5, 5.41) is 7.79. The Morgan fingerprint density at radius 3 is 2.81 bits per heavy atom. The second kappa shape index (κ2) is 8.67. The average molecular weight is 369 g/mol. The molecule has 1 amide bonds. The number of benzene rings is 1. The minimum atomic E-state index is -0.163. The average Bonchev–Trinajstić information content (AvgIpc) is 3.11. The van der Waals surface area contributed by atoms with E-state index in [2.05, 4.69) is 23.6 Å². The van der Waals surface area contributed by atoms with Crippen molar-refractivity contribution in [1.29, 1.82) is 0 Å². The molecule has 1 aromatic heterocycles. The summed E-state index contributed by atoms with van der Waals surface area (Å²) in [6.45, 7) is 3.44. The number of hydrogen-bond donors (Lipinski definition) is 1. The maximum Gasteiger partial charge on any atom is 0.220 e. The number of amides is 1. The zero-order valence-electron chi connectivity index (χ0n) is 15.6. The Morgan fingerprint density at radius 1 is 1.19 bits per heavy atom. The lowest BCUT2D eigenvalue weighted by Gasteiger charge is -2.24. The highest BCUT2D eigenvalue weighted by Gasteiger charge is 2.26. The molecule has 0 aliphatic carbocycles. The standard InChI is InChI=1S/C21H27N3O3/c25-20(12-16-6-9-26-10-7-16)22-13-19-21-18(8-11-27-19)15-24(23-21)14-17-4-2-1-3-5-17/h1-5,15-16,19H,6-14H2,(H,22,25). The van der Waals surface area contributed by atoms with Gasteiger partial charge < -0.3 is 14.8 Å². The normalized spacial score (nSPS) is 20.2. The van der Waals surface area contributed by atoms with Crippen molar-refractivity contribution in [2.24, 2.45) is 5.92 Å². The van der Waals surface area contributed by atoms with Crippen LogP contribution < -0.4 is 5.32 Å². The van der Waals surface area contributed by atoms with Crippen molar-refractivity contribution >= 4 is 5.91 Å². The first-order valence-electron chi connectivity index (χ1n) is 9.84. The third-order valence-electron chi connectivity index (χ3n) is 5.35. The summed E-state index contributed by atoms with van der Waals surface area (Å²) in [4.78, 5) is 12.3. The maximum atomic E-state index is 12.3. The van der Waals surface area contributed by atoms with E-state index in [1.807, 2.05) is 22.9 Å². The molecule has 1 unspecified atom stereocenters. The smallest absolute Gasteiger partial charge is 0.220 e. The predicted molar refractivity (Wildman–Crippen MR) is 101 cm³/mol. The molecular weight excluding hydrogens is 342 g/mol. The van der Waals surface area contributed by atoms with Crippen LogP contribution in [-0.4, -0.2) is 42.1 Å². The Hall–Kier alpha value is -2.18. The van der Waals surface area contributed by atoms with E-state index in [0.717, 1.165) is 44.7 Å². The topological polar surface area (TPSA) is 65.4 Å². The molecule has 3 heterocycles. The second-order valence-corrected chi connectivity index (χ2v) is 7.40. The van der Waals surface area contributed by atoms with Gasteiger partial charge in [0.2, 0.25) is 5.91 Å². The number of aromatic nitrogens is 2. The molecule has 0 spiro atoms. The maximum absolute atomic E-state index is 12.3. The second-order valence-electron chi connectivity index (χ2n) is 7.40. The number of rotatable bonds is 6. The lowest BCUT2D eigenvalue weighted by molar-refractivity contribution is -0.123. The fourth-order valence-electron chi connectivity index (χ4n) is 3.83. The highest BCUT2D eigenvalue weighted by Crippen LogP contribution is 2.26. The van der Waals surface area contributed by atoms with E-state index in [0.29, 0.717) is 25.5 Å². The van der Waals surface area contributed by atoms with E-state index < -0.39 is 0 Å². The largest absolute Gasteiger partial charge is 0.381 e. The molecule has 0 radical (unpaired) electrons. The number of nitrogens with zero attached hydrogens (tertiary/aromatic N) is 2. The van der Waals surface area contributed by atoms with E-state index in [1.165, 1.54) is 11.1 Å². The van der Waals surface area contributed by atoms with Crippen molar-refractivity contribution in [3.05, 3.63) is 53.3 Å². The first-order chi connectivity index (χ1) is 13.3. The molecule has 2 aliphatic rings. The fourth-order valence-corrected chi connectivity index (χ4v) is 3.83. The van der Waals surface area contributed by atoms with Gasteiger partial charge in [-0.15, -0.1) is 0 Å². The van der Waals surface area contributed by atoms with Crippen LogP contribution in [0.5, 0.6) is 0 Å². The van der Waals surface area contributed by atoms with Crippen molar-refractivity contribution in [2.45, 2.75) is 38.3 Å². The van der Waals surface area contributed by atoms with Crippen LogP contribution in [0.4, 0.5) is 0 Å². The van der Waals surface area contributed by atoms with Gasteiger partial charge in [0.25, 0.3) is 0 Å². The summed E-state index contributed by atoms with van der Waals surface area (Å²) in [7, 11) is 0. The summed E-state index contributed by atoms with van der Waals surface area (Å²) in [5.41, 5.74) is 3.41. The molecule has 4 rings (SSSR count). The van der Waals surface area contributed by atoms with Crippen LogP contribution in [0.1, 0.15) is 42.2 Å². The van der Waals surface area contributed by atoms with E-state index in [9.17, 15) is 4.79 Å². The number of nitrogens with one attached hydrogen (secondary N) is 1. The quantitative estimate of drug-likeness (QED) is 0.850. The van der Waals surface area contributed by atoms with Crippen LogP contribution in [0.25, 0.3) is 0 Å². The van der Waals surface area contributed by atoms with Crippen LogP contribution >= 0.6 is 0 Å². The van der Waals surface area contributed by atoms with Gasteiger partial charge in [0, 0.05) is 32.4 Å². The summed E-state index contributed by atoms with van der Waals surface area (Å²) in [6.07, 6.45) is 5.34. The van der Waals surface area contributed by atoms with E-state index in [1.54, 1.807) is 0 Å². The monoisotopic (exact) mass is 369 g/mol. The van der Waals surface area contributed by atoms with Gasteiger partial charge in [0.05, 0.1) is 18.8 Å². The van der Waals surface area contributed by atoms with Crippen molar-refractivity contribution in [2.75, 3.05) is 26.4 Å². The fraction of sp³-hybridized carbons (Fsp3) is 0.524. The minimum Gasteiger partial charge on any atom is -0.381 e. The molecule has 0 saturated carbocycles. The highest BCUT2D eigenvalue weighted by molar-refractivity contribution is 5.76. The van der Waals surface area contributed by atoms with Gasteiger partial charge >= 0.3 is 0 Å². The van der Waals surface area contributed by atoms with Gasteiger partial charge in [-0.25, -0.2) is 0 Å². The Bertz CT molecular complexity index is 753. The van der Waals surface area contributed by atoms with Crippen molar-refractivity contribution in [3.63, 3.8) is 0 Å². The summed E-state index contributed by atoms with van der Waals surface area (Å²) in [5.74, 6) is 0.535. The van der Waals surface area contributed by atoms with Gasteiger partial charge in [0.1, 0.15) is 6.10 Å². The molecule has 1 atom stereocenters. The molecule has 2 aliphatic heterocycles. The van der Waals surface area contributed by atoms with Crippen LogP contribution in [0, 0.1) is 5.92 Å². The number of ether oxygens (including phenoxy) is 2. The van der Waals surface area contributed by atoms with E-state index in [-0.39, 0.29) is 12.0 Å². The Balaban J connectivity index is 1.34. The summed E-state index contributed by atoms with van der Waals surface area (Å²) in [6, 6.07) is 10.3. The number of hydrogen-bond acceptors (Lipinski definition) is 4. The lowest BCUT2D eigenvalue weighted by Crippen LogP contribution is -2.33. The van der Waals surface area contributed by atoms with Gasteiger partial charge in [-0.1, -0.05) is 30.3 Å². The van der Waals surface area contributed by atoms with Gasteiger partial charge in [-0.3, -0.25) is 9.48 Å². The summed E-state index contributed by atoms with van der Waals surface area (Å²) >= 11 is 0. The molecule has 144 valence electrons. The minimum absolute atomic E-state index is 0.0985. The van der Waals surface area contributed by atoms with Crippen LogP contribution in [0.3, 0.4) is 0 Å². The number of fused-ring (bicyclic) bond motifs is 1. The molecule has 0 bridgehead atoms. The molecule has 1 saturated heterocycles. The molecule has 1 N–H and O–H groups in total. The molecule has 1 fully saturated rings. The number of carbonyl (C=O) groups excluding carboxylic acids is 1. The van der Waals surface area contributed by atoms with Gasteiger partial charge in [0.15, 0.2) is 0 Å². The first kappa shape index (κ1) is 18.2. The van der Waals surface area contributed by atoms with Gasteiger partial charge in [-0.2, -0.15) is 5.10 Å².